The smallest absolute Gasteiger partial charge is 0.346 e. The highest BCUT2D eigenvalue weighted by Gasteiger charge is 2.71. The Morgan fingerprint density at radius 3 is 2.46 bits per heavy atom. The molecule has 0 radical (unpaired) electrons. The third kappa shape index (κ3) is 2.27. The molecule has 0 amide bonds. The summed E-state index contributed by atoms with van der Waals surface area (Å²) in [5.41, 5.74) is -1.35. The maximum absolute atomic E-state index is 13.6. The van der Waals surface area contributed by atoms with Gasteiger partial charge in [0.15, 0.2) is 29.2 Å². The Balaban J connectivity index is 1.41. The van der Waals surface area contributed by atoms with Crippen molar-refractivity contribution in [2.24, 2.45) is 0 Å². The lowest BCUT2D eigenvalue weighted by Gasteiger charge is -2.30. The molecule has 1 aromatic heterocycles. The van der Waals surface area contributed by atoms with Crippen LogP contribution in [-0.2, 0) is 4.74 Å². The van der Waals surface area contributed by atoms with Crippen molar-refractivity contribution in [1.29, 1.82) is 0 Å². The quantitative estimate of drug-likeness (QED) is 0.367. The predicted molar refractivity (Wildman–Crippen MR) is 115 cm³/mol. The summed E-state index contributed by atoms with van der Waals surface area (Å²) in [5.74, 6) is -5.88. The largest absolute Gasteiger partial charge is 0.506 e. The number of ketones is 3. The number of phenolic OH excluding ortho intramolecular Hbond substituents is 2. The number of aryl methyl sites for hydroxylation is 1. The van der Waals surface area contributed by atoms with Crippen LogP contribution in [0.2, 0.25) is 0 Å². The first-order chi connectivity index (χ1) is 16.6. The lowest BCUT2D eigenvalue weighted by molar-refractivity contribution is -0.0886. The molecule has 1 aliphatic carbocycles. The fraction of sp³-hybridized carbons (Fsp3) is 0.200. The van der Waals surface area contributed by atoms with Crippen molar-refractivity contribution in [2.45, 2.75) is 31.8 Å². The van der Waals surface area contributed by atoms with Crippen molar-refractivity contribution in [3.8, 4) is 23.0 Å². The normalized spacial score (nSPS) is 25.4. The Morgan fingerprint density at radius 2 is 1.69 bits per heavy atom. The number of Topliss-reactive ketones (excluding diaryl/α,β-unsaturated/α-hetero) is 2. The summed E-state index contributed by atoms with van der Waals surface area (Å²) in [6.45, 7) is 3.04. The van der Waals surface area contributed by atoms with Crippen LogP contribution >= 0.6 is 0 Å². The zero-order chi connectivity index (χ0) is 24.5. The number of hydrogen-bond donors (Lipinski definition) is 2. The van der Waals surface area contributed by atoms with Crippen LogP contribution in [0.5, 0.6) is 23.0 Å². The third-order valence-corrected chi connectivity index (χ3v) is 6.83. The van der Waals surface area contributed by atoms with E-state index in [1.807, 2.05) is 0 Å². The van der Waals surface area contributed by atoms with Crippen LogP contribution < -0.4 is 15.1 Å². The average molecular weight is 474 g/mol. The molecule has 174 valence electrons. The number of allylic oxidation sites excluding steroid dienone is 2. The second-order valence-electron chi connectivity index (χ2n) is 8.97. The van der Waals surface area contributed by atoms with Gasteiger partial charge in [0.2, 0.25) is 0 Å². The van der Waals surface area contributed by atoms with Crippen LogP contribution in [0.15, 0.2) is 39.1 Å². The summed E-state index contributed by atoms with van der Waals surface area (Å²) < 4.78 is 22.7. The number of ether oxygens (including phenoxy) is 3. The Kier molecular flexibility index (Phi) is 3.41. The molecule has 10 nitrogen and oxygen atoms in total. The number of phenols is 2. The lowest BCUT2D eigenvalue weighted by Crippen LogP contribution is -2.53. The van der Waals surface area contributed by atoms with Crippen molar-refractivity contribution in [1.82, 2.24) is 0 Å². The Bertz CT molecular complexity index is 1710. The summed E-state index contributed by atoms with van der Waals surface area (Å²) in [7, 11) is 0. The lowest BCUT2D eigenvalue weighted by atomic mass is 9.85. The second kappa shape index (κ2) is 5.97. The summed E-state index contributed by atoms with van der Waals surface area (Å²) in [6, 6.07) is 4.81. The van der Waals surface area contributed by atoms with Gasteiger partial charge in [0.05, 0.1) is 16.5 Å². The number of carbonyl (C=O) groups excluding carboxylic acids is 3. The van der Waals surface area contributed by atoms with Gasteiger partial charge < -0.3 is 28.8 Å². The van der Waals surface area contributed by atoms with E-state index < -0.39 is 74.9 Å². The van der Waals surface area contributed by atoms with E-state index in [0.717, 1.165) is 6.08 Å². The molecule has 1 saturated heterocycles. The van der Waals surface area contributed by atoms with Crippen LogP contribution in [0.25, 0.3) is 10.8 Å². The number of aromatic hydroxyl groups is 2. The summed E-state index contributed by atoms with van der Waals surface area (Å²) >= 11 is 0. The van der Waals surface area contributed by atoms with Gasteiger partial charge in [0.25, 0.3) is 5.78 Å². The van der Waals surface area contributed by atoms with E-state index in [0.29, 0.717) is 16.7 Å². The van der Waals surface area contributed by atoms with Crippen molar-refractivity contribution < 1.29 is 43.2 Å². The Hall–Kier alpha value is -4.44. The van der Waals surface area contributed by atoms with Crippen molar-refractivity contribution in [3.63, 3.8) is 0 Å². The van der Waals surface area contributed by atoms with Gasteiger partial charge in [-0.15, -0.1) is 0 Å². The minimum absolute atomic E-state index is 0.0607. The molecule has 10 heteroatoms. The molecule has 0 bridgehead atoms. The van der Waals surface area contributed by atoms with Crippen molar-refractivity contribution >= 4 is 28.1 Å². The van der Waals surface area contributed by atoms with E-state index in [1.165, 1.54) is 13.0 Å². The molecule has 3 aliphatic heterocycles. The minimum atomic E-state index is -2.13. The zero-order valence-corrected chi connectivity index (χ0v) is 18.1. The van der Waals surface area contributed by atoms with Gasteiger partial charge in [-0.05, 0) is 43.5 Å². The Morgan fingerprint density at radius 1 is 0.914 bits per heavy atom. The van der Waals surface area contributed by atoms with Gasteiger partial charge in [-0.1, -0.05) is 0 Å². The van der Waals surface area contributed by atoms with Gasteiger partial charge in [-0.3, -0.25) is 14.4 Å². The average Bonchev–Trinajstić information content (AvgIpc) is 3.55. The SMILES string of the molecule is CC1=CC(=O)c2c(O)c3c(c(O)c2C1=O)OC1(Oc2cc4c(=O)oc(C)cc4cc2C2O[C@@H]21)C3=O. The molecular weight excluding hydrogens is 460 g/mol. The number of rotatable bonds is 0. The summed E-state index contributed by atoms with van der Waals surface area (Å²) in [5, 5.41) is 22.6. The van der Waals surface area contributed by atoms with E-state index in [-0.39, 0.29) is 16.7 Å². The number of benzene rings is 2. The van der Waals surface area contributed by atoms with Crippen LogP contribution in [0, 0.1) is 6.92 Å². The third-order valence-electron chi connectivity index (χ3n) is 6.83. The molecule has 2 N–H and O–H groups in total. The van der Waals surface area contributed by atoms with Gasteiger partial charge in [-0.25, -0.2) is 4.79 Å². The van der Waals surface area contributed by atoms with Crippen molar-refractivity contribution in [3.05, 3.63) is 68.3 Å². The first kappa shape index (κ1) is 20.0. The fourth-order valence-corrected chi connectivity index (χ4v) is 5.16. The minimum Gasteiger partial charge on any atom is -0.506 e. The van der Waals surface area contributed by atoms with Crippen molar-refractivity contribution in [2.75, 3.05) is 0 Å². The molecule has 4 aliphatic rings. The topological polar surface area (TPSA) is 153 Å². The van der Waals surface area contributed by atoms with E-state index in [2.05, 4.69) is 0 Å². The molecule has 2 unspecified atom stereocenters. The molecule has 1 spiro atoms. The van der Waals surface area contributed by atoms with Gasteiger partial charge >= 0.3 is 11.4 Å². The second-order valence-corrected chi connectivity index (χ2v) is 8.97. The molecule has 1 fully saturated rings. The maximum atomic E-state index is 13.6. The molecule has 2 aromatic carbocycles. The first-order valence-electron chi connectivity index (χ1n) is 10.7. The maximum Gasteiger partial charge on any atom is 0.346 e. The molecule has 3 aromatic rings. The van der Waals surface area contributed by atoms with Crippen LogP contribution in [0.3, 0.4) is 0 Å². The predicted octanol–water partition coefficient (Wildman–Crippen LogP) is 2.64. The highest BCUT2D eigenvalue weighted by molar-refractivity contribution is 6.28. The Labute approximate surface area is 194 Å². The number of fused-ring (bicyclic) bond motifs is 7. The number of hydrogen-bond acceptors (Lipinski definition) is 10. The fourth-order valence-electron chi connectivity index (χ4n) is 5.16. The van der Waals surface area contributed by atoms with Gasteiger partial charge in [-0.2, -0.15) is 0 Å². The summed E-state index contributed by atoms with van der Waals surface area (Å²) in [4.78, 5) is 51.2. The zero-order valence-electron chi connectivity index (χ0n) is 18.1. The van der Waals surface area contributed by atoms with Gasteiger partial charge in [0.1, 0.15) is 28.9 Å². The van der Waals surface area contributed by atoms with E-state index in [4.69, 9.17) is 18.6 Å². The monoisotopic (exact) mass is 474 g/mol. The molecule has 35 heavy (non-hydrogen) atoms. The first-order valence-corrected chi connectivity index (χ1v) is 10.7. The number of epoxide rings is 1. The van der Waals surface area contributed by atoms with Gasteiger partial charge in [0, 0.05) is 11.1 Å². The van der Waals surface area contributed by atoms with Crippen LogP contribution in [-0.4, -0.2) is 39.5 Å². The van der Waals surface area contributed by atoms with Crippen LogP contribution in [0.1, 0.15) is 55.4 Å². The highest BCUT2D eigenvalue weighted by atomic mass is 16.8. The molecular formula is C25H14O10. The van der Waals surface area contributed by atoms with E-state index >= 15 is 0 Å². The van der Waals surface area contributed by atoms with E-state index in [1.54, 1.807) is 19.1 Å². The molecule has 4 heterocycles. The molecule has 3 atom stereocenters. The van der Waals surface area contributed by atoms with E-state index in [9.17, 15) is 29.4 Å². The molecule has 7 rings (SSSR count). The molecule has 0 saturated carbocycles. The van der Waals surface area contributed by atoms with Crippen LogP contribution in [0.4, 0.5) is 0 Å². The number of carbonyl (C=O) groups is 3. The highest BCUT2D eigenvalue weighted by Crippen LogP contribution is 2.61. The summed E-state index contributed by atoms with van der Waals surface area (Å²) in [6.07, 6.45) is -0.534. The standard InChI is InChI=1S/C25H14O10/c1-7-3-12(26)14-15(17(7)27)19(29)21-16(18(14)28)22(30)25(35-21)23-20(33-23)11-5-9-4-8(2)32-24(31)10(9)6-13(11)34-25/h3-6,20,23,28-29H,1-2H3/t20?,23-,25?/m0/s1.